The molecule has 1 heterocycles. The lowest BCUT2D eigenvalue weighted by Crippen LogP contribution is -2.53. The Balaban J connectivity index is 1.86. The zero-order chi connectivity index (χ0) is 18.2. The van der Waals surface area contributed by atoms with Gasteiger partial charge in [-0.3, -0.25) is 9.79 Å². The number of carbonyl (C=O) groups is 1. The van der Waals surface area contributed by atoms with Gasteiger partial charge in [0.15, 0.2) is 5.96 Å². The van der Waals surface area contributed by atoms with E-state index in [9.17, 15) is 4.79 Å². The van der Waals surface area contributed by atoms with Crippen LogP contribution < -0.4 is 15.0 Å². The number of hydrogen-bond donors (Lipinski definition) is 1. The number of para-hydroxylation sites is 2. The fourth-order valence-electron chi connectivity index (χ4n) is 2.89. The third-order valence-electron chi connectivity index (χ3n) is 4.34. The first-order valence-corrected chi connectivity index (χ1v) is 8.60. The summed E-state index contributed by atoms with van der Waals surface area (Å²) in [5.41, 5.74) is 1.13. The molecule has 1 fully saturated rings. The van der Waals surface area contributed by atoms with Crippen molar-refractivity contribution in [3.05, 3.63) is 24.3 Å². The molecule has 0 aliphatic carbocycles. The largest absolute Gasteiger partial charge is 0.495 e. The van der Waals surface area contributed by atoms with Crippen LogP contribution in [0.4, 0.5) is 5.69 Å². The van der Waals surface area contributed by atoms with Gasteiger partial charge in [-0.15, -0.1) is 0 Å². The van der Waals surface area contributed by atoms with E-state index in [0.717, 1.165) is 43.6 Å². The van der Waals surface area contributed by atoms with E-state index in [1.807, 2.05) is 18.2 Å². The average Bonchev–Trinajstić information content (AvgIpc) is 2.65. The van der Waals surface area contributed by atoms with Crippen LogP contribution in [-0.4, -0.2) is 82.6 Å². The highest BCUT2D eigenvalue weighted by Crippen LogP contribution is 2.28. The molecule has 2 rings (SSSR count). The molecule has 1 aromatic rings. The first kappa shape index (κ1) is 18.9. The van der Waals surface area contributed by atoms with E-state index in [1.54, 1.807) is 33.2 Å². The number of amides is 1. The van der Waals surface area contributed by atoms with Crippen molar-refractivity contribution in [1.82, 2.24) is 15.1 Å². The molecule has 1 saturated heterocycles. The van der Waals surface area contributed by atoms with E-state index in [1.165, 1.54) is 0 Å². The molecule has 1 amide bonds. The van der Waals surface area contributed by atoms with Crippen LogP contribution in [0.15, 0.2) is 29.3 Å². The molecule has 25 heavy (non-hydrogen) atoms. The van der Waals surface area contributed by atoms with Gasteiger partial charge in [-0.1, -0.05) is 12.1 Å². The van der Waals surface area contributed by atoms with Crippen molar-refractivity contribution in [2.75, 3.05) is 65.9 Å². The molecule has 1 aromatic carbocycles. The smallest absolute Gasteiger partial charge is 0.223 e. The first-order valence-electron chi connectivity index (χ1n) is 8.60. The van der Waals surface area contributed by atoms with Crippen LogP contribution >= 0.6 is 0 Å². The summed E-state index contributed by atoms with van der Waals surface area (Å²) in [6.45, 7) is 4.14. The normalized spacial score (nSPS) is 15.1. The number of benzene rings is 1. The van der Waals surface area contributed by atoms with E-state index >= 15 is 0 Å². The first-order chi connectivity index (χ1) is 12.1. The molecule has 0 unspecified atom stereocenters. The Bertz CT molecular complexity index is 595. The topological polar surface area (TPSA) is 60.4 Å². The molecule has 0 spiro atoms. The minimum atomic E-state index is 0.115. The third-order valence-corrected chi connectivity index (χ3v) is 4.34. The van der Waals surface area contributed by atoms with Gasteiger partial charge in [0.25, 0.3) is 0 Å². The Labute approximate surface area is 150 Å². The zero-order valence-corrected chi connectivity index (χ0v) is 15.7. The van der Waals surface area contributed by atoms with E-state index in [0.29, 0.717) is 13.0 Å². The van der Waals surface area contributed by atoms with Crippen LogP contribution in [0.1, 0.15) is 6.42 Å². The lowest BCUT2D eigenvalue weighted by molar-refractivity contribution is -0.128. The maximum Gasteiger partial charge on any atom is 0.223 e. The Hall–Kier alpha value is -2.44. The van der Waals surface area contributed by atoms with Crippen molar-refractivity contribution < 1.29 is 9.53 Å². The molecular weight excluding hydrogens is 318 g/mol. The summed E-state index contributed by atoms with van der Waals surface area (Å²) in [5, 5.41) is 3.29. The van der Waals surface area contributed by atoms with Crippen molar-refractivity contribution in [1.29, 1.82) is 0 Å². The number of guanidine groups is 1. The molecule has 0 saturated carbocycles. The summed E-state index contributed by atoms with van der Waals surface area (Å²) in [7, 11) is 7.03. The van der Waals surface area contributed by atoms with E-state index in [4.69, 9.17) is 4.74 Å². The molecule has 7 heteroatoms. The number of nitrogens with zero attached hydrogens (tertiary/aromatic N) is 4. The predicted molar refractivity (Wildman–Crippen MR) is 101 cm³/mol. The monoisotopic (exact) mass is 347 g/mol. The number of rotatable bonds is 5. The summed E-state index contributed by atoms with van der Waals surface area (Å²) >= 11 is 0. The van der Waals surface area contributed by atoms with Gasteiger partial charge in [-0.2, -0.15) is 0 Å². The maximum absolute atomic E-state index is 11.7. The van der Waals surface area contributed by atoms with Gasteiger partial charge in [0.2, 0.25) is 5.91 Å². The summed E-state index contributed by atoms with van der Waals surface area (Å²) in [4.78, 5) is 22.2. The number of hydrogen-bond acceptors (Lipinski definition) is 4. The van der Waals surface area contributed by atoms with Gasteiger partial charge in [-0.25, -0.2) is 0 Å². The number of carbonyl (C=O) groups excluding carboxylic acids is 1. The number of nitrogens with one attached hydrogen (secondary N) is 1. The molecule has 0 radical (unpaired) electrons. The maximum atomic E-state index is 11.7. The summed E-state index contributed by atoms with van der Waals surface area (Å²) in [6.07, 6.45) is 0.465. The Morgan fingerprint density at radius 1 is 1.24 bits per heavy atom. The van der Waals surface area contributed by atoms with E-state index in [-0.39, 0.29) is 5.91 Å². The van der Waals surface area contributed by atoms with Gasteiger partial charge in [0, 0.05) is 60.3 Å². The van der Waals surface area contributed by atoms with Crippen LogP contribution in [0.3, 0.4) is 0 Å². The van der Waals surface area contributed by atoms with Crippen LogP contribution in [0.2, 0.25) is 0 Å². The van der Waals surface area contributed by atoms with Crippen molar-refractivity contribution >= 4 is 17.6 Å². The van der Waals surface area contributed by atoms with Crippen LogP contribution in [0, 0.1) is 0 Å². The van der Waals surface area contributed by atoms with E-state index < -0.39 is 0 Å². The minimum absolute atomic E-state index is 0.115. The second kappa shape index (κ2) is 9.15. The molecule has 1 aliphatic rings. The van der Waals surface area contributed by atoms with Crippen LogP contribution in [-0.2, 0) is 4.79 Å². The summed E-state index contributed by atoms with van der Waals surface area (Å²) in [5.74, 6) is 1.87. The molecule has 0 atom stereocenters. The Morgan fingerprint density at radius 2 is 1.92 bits per heavy atom. The quantitative estimate of drug-likeness (QED) is 0.633. The summed E-state index contributed by atoms with van der Waals surface area (Å²) in [6, 6.07) is 8.10. The molecule has 1 N–H and O–H groups in total. The van der Waals surface area contributed by atoms with Crippen LogP contribution in [0.5, 0.6) is 5.75 Å². The Kier molecular flexibility index (Phi) is 6.91. The van der Waals surface area contributed by atoms with Crippen molar-refractivity contribution in [2.24, 2.45) is 4.99 Å². The second-order valence-electron chi connectivity index (χ2n) is 6.16. The molecule has 138 valence electrons. The van der Waals surface area contributed by atoms with Crippen molar-refractivity contribution in [2.45, 2.75) is 6.42 Å². The number of anilines is 1. The van der Waals surface area contributed by atoms with Gasteiger partial charge < -0.3 is 24.8 Å². The number of ether oxygens (including phenoxy) is 1. The Morgan fingerprint density at radius 3 is 2.52 bits per heavy atom. The van der Waals surface area contributed by atoms with Gasteiger partial charge >= 0.3 is 0 Å². The standard InChI is InChI=1S/C18H29N5O2/c1-19-18(20-10-9-17(24)21(2)3)23-13-11-22(12-14-23)15-7-5-6-8-16(15)25-4/h5-8H,9-14H2,1-4H3,(H,19,20). The lowest BCUT2D eigenvalue weighted by Gasteiger charge is -2.38. The van der Waals surface area contributed by atoms with E-state index in [2.05, 4.69) is 26.2 Å². The highest BCUT2D eigenvalue weighted by atomic mass is 16.5. The predicted octanol–water partition coefficient (Wildman–Crippen LogP) is 0.871. The van der Waals surface area contributed by atoms with Gasteiger partial charge in [0.1, 0.15) is 5.75 Å². The second-order valence-corrected chi connectivity index (χ2v) is 6.16. The highest BCUT2D eigenvalue weighted by Gasteiger charge is 2.21. The minimum Gasteiger partial charge on any atom is -0.495 e. The third kappa shape index (κ3) is 5.01. The highest BCUT2D eigenvalue weighted by molar-refractivity contribution is 5.81. The molecular formula is C18H29N5O2. The van der Waals surface area contributed by atoms with Gasteiger partial charge in [0.05, 0.1) is 12.8 Å². The van der Waals surface area contributed by atoms with Crippen LogP contribution in [0.25, 0.3) is 0 Å². The summed E-state index contributed by atoms with van der Waals surface area (Å²) < 4.78 is 5.46. The zero-order valence-electron chi connectivity index (χ0n) is 15.7. The SMILES string of the molecule is CN=C(NCCC(=O)N(C)C)N1CCN(c2ccccc2OC)CC1. The lowest BCUT2D eigenvalue weighted by atomic mass is 10.2. The molecule has 0 bridgehead atoms. The number of piperazine rings is 1. The molecule has 0 aromatic heterocycles. The fraction of sp³-hybridized carbons (Fsp3) is 0.556. The molecule has 1 aliphatic heterocycles. The fourth-order valence-corrected chi connectivity index (χ4v) is 2.89. The van der Waals surface area contributed by atoms with Gasteiger partial charge in [-0.05, 0) is 12.1 Å². The average molecular weight is 347 g/mol. The molecule has 7 nitrogen and oxygen atoms in total. The van der Waals surface area contributed by atoms with Crippen molar-refractivity contribution in [3.8, 4) is 5.75 Å². The van der Waals surface area contributed by atoms with Crippen molar-refractivity contribution in [3.63, 3.8) is 0 Å². The number of aliphatic imine (C=N–C) groups is 1. The number of methoxy groups -OCH3 is 1.